The van der Waals surface area contributed by atoms with E-state index in [4.69, 9.17) is 4.74 Å². The first-order chi connectivity index (χ1) is 10.6. The zero-order chi connectivity index (χ0) is 15.7. The van der Waals surface area contributed by atoms with Crippen LogP contribution in [0.2, 0.25) is 0 Å². The topological polar surface area (TPSA) is 46.5 Å². The minimum absolute atomic E-state index is 0.00132. The maximum Gasteiger partial charge on any atom is 0.199 e. The molecule has 1 N–H and O–H groups in total. The van der Waals surface area contributed by atoms with Gasteiger partial charge in [0, 0.05) is 0 Å². The van der Waals surface area contributed by atoms with Gasteiger partial charge in [-0.05, 0) is 47.8 Å². The van der Waals surface area contributed by atoms with Gasteiger partial charge in [0.25, 0.3) is 0 Å². The second-order valence-corrected chi connectivity index (χ2v) is 5.78. The second kappa shape index (κ2) is 5.68. The summed E-state index contributed by atoms with van der Waals surface area (Å²) in [5, 5.41) is 10.0. The molecule has 1 heterocycles. The largest absolute Gasteiger partial charge is 0.507 e. The summed E-state index contributed by atoms with van der Waals surface area (Å²) in [6.07, 6.45) is 9.87. The molecule has 0 saturated heterocycles. The first-order valence-electron chi connectivity index (χ1n) is 7.38. The predicted octanol–water partition coefficient (Wildman–Crippen LogP) is 4.38. The summed E-state index contributed by atoms with van der Waals surface area (Å²) in [7, 11) is 0. The summed E-state index contributed by atoms with van der Waals surface area (Å²) < 4.78 is 5.53. The molecule has 0 aromatic heterocycles. The number of ketones is 1. The van der Waals surface area contributed by atoms with Gasteiger partial charge in [-0.1, -0.05) is 32.1 Å². The van der Waals surface area contributed by atoms with Crippen molar-refractivity contribution in [1.82, 2.24) is 0 Å². The number of phenolic OH excluding ortho intramolecular Hbond substituents is 1. The summed E-state index contributed by atoms with van der Waals surface area (Å²) in [4.78, 5) is 12.7. The highest BCUT2D eigenvalue weighted by Gasteiger charge is 2.21. The molecular weight excluding hydrogens is 276 g/mol. The fourth-order valence-corrected chi connectivity index (χ4v) is 2.52. The van der Waals surface area contributed by atoms with Crippen LogP contribution < -0.4 is 0 Å². The molecule has 1 aliphatic carbocycles. The zero-order valence-electron chi connectivity index (χ0n) is 12.7. The second-order valence-electron chi connectivity index (χ2n) is 5.78. The van der Waals surface area contributed by atoms with Crippen LogP contribution in [0.5, 0.6) is 5.75 Å². The third kappa shape index (κ3) is 2.62. The summed E-state index contributed by atoms with van der Waals surface area (Å²) >= 11 is 0. The zero-order valence-corrected chi connectivity index (χ0v) is 12.7. The molecule has 0 saturated carbocycles. The van der Waals surface area contributed by atoms with E-state index in [1.807, 2.05) is 30.4 Å². The average Bonchev–Trinajstić information content (AvgIpc) is 2.54. The summed E-state index contributed by atoms with van der Waals surface area (Å²) in [6.45, 7) is 4.11. The van der Waals surface area contributed by atoms with Gasteiger partial charge in [0.2, 0.25) is 0 Å². The van der Waals surface area contributed by atoms with Crippen molar-refractivity contribution < 1.29 is 14.6 Å². The summed E-state index contributed by atoms with van der Waals surface area (Å²) in [5.74, 6) is 0.846. The van der Waals surface area contributed by atoms with Crippen molar-refractivity contribution in [1.29, 1.82) is 0 Å². The number of fused-ring (bicyclic) bond motifs is 1. The van der Waals surface area contributed by atoms with Gasteiger partial charge in [-0.2, -0.15) is 0 Å². The number of rotatable bonds is 3. The molecular formula is C19H18O3. The number of hydrogen-bond acceptors (Lipinski definition) is 3. The molecule has 0 radical (unpaired) electrons. The highest BCUT2D eigenvalue weighted by atomic mass is 16.5. The molecule has 3 nitrogen and oxygen atoms in total. The van der Waals surface area contributed by atoms with Gasteiger partial charge in [-0.3, -0.25) is 4.79 Å². The Hall–Kier alpha value is -2.55. The molecule has 1 aliphatic heterocycles. The number of hydrogen-bond donors (Lipinski definition) is 1. The van der Waals surface area contributed by atoms with Crippen molar-refractivity contribution >= 4 is 5.78 Å². The maximum absolute atomic E-state index is 12.7. The van der Waals surface area contributed by atoms with Gasteiger partial charge >= 0.3 is 0 Å². The van der Waals surface area contributed by atoms with Crippen LogP contribution in [0.4, 0.5) is 0 Å². The average molecular weight is 294 g/mol. The van der Waals surface area contributed by atoms with E-state index < -0.39 is 0 Å². The molecule has 0 amide bonds. The molecule has 112 valence electrons. The normalized spacial score (nSPS) is 16.4. The fourth-order valence-electron chi connectivity index (χ4n) is 2.52. The highest BCUT2D eigenvalue weighted by Crippen LogP contribution is 2.31. The van der Waals surface area contributed by atoms with Gasteiger partial charge in [0.05, 0.1) is 11.1 Å². The Morgan fingerprint density at radius 3 is 2.91 bits per heavy atom. The van der Waals surface area contributed by atoms with Crippen LogP contribution in [0.3, 0.4) is 0 Å². The van der Waals surface area contributed by atoms with E-state index in [1.165, 1.54) is 6.26 Å². The predicted molar refractivity (Wildman–Crippen MR) is 85.6 cm³/mol. The lowest BCUT2D eigenvalue weighted by atomic mass is 9.93. The quantitative estimate of drug-likeness (QED) is 0.841. The minimum Gasteiger partial charge on any atom is -0.507 e. The maximum atomic E-state index is 12.7. The molecule has 1 aromatic carbocycles. The van der Waals surface area contributed by atoms with Crippen molar-refractivity contribution in [3.63, 3.8) is 0 Å². The Bertz CT molecular complexity index is 746. The van der Waals surface area contributed by atoms with Crippen LogP contribution in [0.1, 0.15) is 42.1 Å². The number of allylic oxidation sites excluding steroid dienone is 6. The standard InChI is InChI=1S/C19H18O3/c1-12(2)13-7-8-17(20)16(10-13)19(21)15-9-14-5-3-4-6-18(14)22-11-15/h3-4,6-12,20H,5H2,1-2H3. The van der Waals surface area contributed by atoms with Crippen molar-refractivity contribution in [2.24, 2.45) is 0 Å². The number of carbonyl (C=O) groups is 1. The number of benzene rings is 1. The van der Waals surface area contributed by atoms with E-state index in [9.17, 15) is 9.90 Å². The van der Waals surface area contributed by atoms with Crippen LogP contribution >= 0.6 is 0 Å². The number of carbonyl (C=O) groups excluding carboxylic acids is 1. The van der Waals surface area contributed by atoms with Crippen molar-refractivity contribution in [2.45, 2.75) is 26.2 Å². The van der Waals surface area contributed by atoms with Crippen LogP contribution in [0.15, 0.2) is 65.7 Å². The first kappa shape index (κ1) is 14.4. The van der Waals surface area contributed by atoms with Gasteiger partial charge in [0.1, 0.15) is 17.8 Å². The lowest BCUT2D eigenvalue weighted by Crippen LogP contribution is -2.09. The van der Waals surface area contributed by atoms with E-state index in [2.05, 4.69) is 13.8 Å². The Balaban J connectivity index is 1.94. The molecule has 0 bridgehead atoms. The fraction of sp³-hybridized carbons (Fsp3) is 0.211. The van der Waals surface area contributed by atoms with Gasteiger partial charge in [-0.25, -0.2) is 0 Å². The van der Waals surface area contributed by atoms with E-state index >= 15 is 0 Å². The number of aromatic hydroxyl groups is 1. The smallest absolute Gasteiger partial charge is 0.199 e. The molecule has 3 heteroatoms. The molecule has 2 aliphatic rings. The monoisotopic (exact) mass is 294 g/mol. The van der Waals surface area contributed by atoms with Gasteiger partial charge in [-0.15, -0.1) is 0 Å². The van der Waals surface area contributed by atoms with E-state index in [1.54, 1.807) is 12.1 Å². The molecule has 0 atom stereocenters. The Morgan fingerprint density at radius 2 is 2.14 bits per heavy atom. The summed E-state index contributed by atoms with van der Waals surface area (Å²) in [5.41, 5.74) is 2.77. The van der Waals surface area contributed by atoms with E-state index in [-0.39, 0.29) is 11.5 Å². The van der Waals surface area contributed by atoms with E-state index in [0.29, 0.717) is 17.1 Å². The number of phenols is 1. The number of Topliss-reactive ketones (excluding diaryl/α,β-unsaturated/α-hetero) is 1. The lowest BCUT2D eigenvalue weighted by molar-refractivity contribution is 0.103. The highest BCUT2D eigenvalue weighted by molar-refractivity contribution is 6.12. The van der Waals surface area contributed by atoms with Crippen molar-refractivity contribution in [2.75, 3.05) is 0 Å². The molecule has 1 aromatic rings. The van der Waals surface area contributed by atoms with Gasteiger partial charge in [0.15, 0.2) is 5.78 Å². The third-order valence-electron chi connectivity index (χ3n) is 3.87. The van der Waals surface area contributed by atoms with Crippen LogP contribution in [0, 0.1) is 0 Å². The Morgan fingerprint density at radius 1 is 1.32 bits per heavy atom. The SMILES string of the molecule is CC(C)c1ccc(O)c(C(=O)C2=COC3=CC=CCC3=C2)c1. The van der Waals surface area contributed by atoms with Crippen LogP contribution in [-0.2, 0) is 4.74 Å². The Kier molecular flexibility index (Phi) is 3.72. The number of ether oxygens (including phenoxy) is 1. The van der Waals surface area contributed by atoms with E-state index in [0.717, 1.165) is 23.3 Å². The van der Waals surface area contributed by atoms with Crippen LogP contribution in [-0.4, -0.2) is 10.9 Å². The third-order valence-corrected chi connectivity index (χ3v) is 3.87. The van der Waals surface area contributed by atoms with Gasteiger partial charge < -0.3 is 9.84 Å². The molecule has 3 rings (SSSR count). The van der Waals surface area contributed by atoms with Crippen molar-refractivity contribution in [3.8, 4) is 5.75 Å². The summed E-state index contributed by atoms with van der Waals surface area (Å²) in [6, 6.07) is 5.18. The first-order valence-corrected chi connectivity index (χ1v) is 7.38. The molecule has 0 fully saturated rings. The molecule has 22 heavy (non-hydrogen) atoms. The minimum atomic E-state index is -0.221. The molecule has 0 spiro atoms. The Labute approximate surface area is 129 Å². The lowest BCUT2D eigenvalue weighted by Gasteiger charge is -2.18. The van der Waals surface area contributed by atoms with Crippen molar-refractivity contribution in [3.05, 3.63) is 76.8 Å². The molecule has 0 unspecified atom stereocenters. The van der Waals surface area contributed by atoms with Crippen LogP contribution in [0.25, 0.3) is 0 Å².